The van der Waals surface area contributed by atoms with E-state index < -0.39 is 6.10 Å². The number of rotatable bonds is 6. The van der Waals surface area contributed by atoms with Crippen molar-refractivity contribution in [2.45, 2.75) is 45.1 Å². The molecule has 1 atom stereocenters. The number of hydrogen-bond donors (Lipinski definition) is 1. The van der Waals surface area contributed by atoms with Crippen molar-refractivity contribution in [3.05, 3.63) is 35.5 Å². The molecule has 1 rings (SSSR count). The van der Waals surface area contributed by atoms with Crippen molar-refractivity contribution < 1.29 is 14.6 Å². The Morgan fingerprint density at radius 3 is 2.78 bits per heavy atom. The summed E-state index contributed by atoms with van der Waals surface area (Å²) < 4.78 is 4.72. The second kappa shape index (κ2) is 7.88. The molecule has 1 aliphatic carbocycles. The van der Waals surface area contributed by atoms with E-state index in [1.54, 1.807) is 12.2 Å². The number of allylic oxidation sites excluding steroid dienone is 4. The number of ether oxygens (including phenoxy) is 1. The Balaban J connectivity index is 2.61. The molecule has 18 heavy (non-hydrogen) atoms. The number of aliphatic hydroxyl groups excluding tert-OH is 1. The lowest BCUT2D eigenvalue weighted by molar-refractivity contribution is -0.136. The molecule has 1 aliphatic rings. The van der Waals surface area contributed by atoms with Gasteiger partial charge in [-0.3, -0.25) is 0 Å². The molecule has 0 aromatic heterocycles. The molecule has 0 unspecified atom stereocenters. The van der Waals surface area contributed by atoms with E-state index in [0.29, 0.717) is 12.0 Å². The van der Waals surface area contributed by atoms with Crippen LogP contribution in [-0.4, -0.2) is 24.3 Å². The standard InChI is InChI=1S/C15H22O3/c1-3-4-5-10-14(16)12-8-6-7-9-13(11-12)15(17)18-2/h6-9,14,16H,3-5,10-11H2,1-2H3/t14-/m1/s1. The molecule has 0 spiro atoms. The number of unbranched alkanes of at least 4 members (excludes halogenated alkanes) is 2. The maximum atomic E-state index is 11.5. The second-order valence-corrected chi connectivity index (χ2v) is 4.50. The van der Waals surface area contributed by atoms with E-state index in [0.717, 1.165) is 31.3 Å². The van der Waals surface area contributed by atoms with E-state index in [9.17, 15) is 9.90 Å². The third kappa shape index (κ3) is 4.49. The van der Waals surface area contributed by atoms with Crippen molar-refractivity contribution >= 4 is 5.97 Å². The molecule has 0 aromatic rings. The van der Waals surface area contributed by atoms with Crippen LogP contribution in [0.2, 0.25) is 0 Å². The van der Waals surface area contributed by atoms with Crippen LogP contribution in [0.15, 0.2) is 35.5 Å². The lowest BCUT2D eigenvalue weighted by atomic mass is 9.97. The summed E-state index contributed by atoms with van der Waals surface area (Å²) >= 11 is 0. The Morgan fingerprint density at radius 2 is 2.11 bits per heavy atom. The summed E-state index contributed by atoms with van der Waals surface area (Å²) in [5, 5.41) is 10.1. The molecule has 100 valence electrons. The first-order chi connectivity index (χ1) is 8.69. The maximum absolute atomic E-state index is 11.5. The monoisotopic (exact) mass is 250 g/mol. The Hall–Kier alpha value is -1.35. The average molecular weight is 250 g/mol. The molecule has 3 heteroatoms. The number of esters is 1. The van der Waals surface area contributed by atoms with Gasteiger partial charge in [0.25, 0.3) is 0 Å². The molecule has 0 amide bonds. The van der Waals surface area contributed by atoms with Gasteiger partial charge in [-0.05, 0) is 12.0 Å². The van der Waals surface area contributed by atoms with Crippen molar-refractivity contribution in [3.8, 4) is 0 Å². The maximum Gasteiger partial charge on any atom is 0.334 e. The summed E-state index contributed by atoms with van der Waals surface area (Å²) in [4.78, 5) is 11.5. The first kappa shape index (κ1) is 14.7. The normalized spacial score (nSPS) is 16.6. The predicted molar refractivity (Wildman–Crippen MR) is 72.1 cm³/mol. The third-order valence-electron chi connectivity index (χ3n) is 3.07. The summed E-state index contributed by atoms with van der Waals surface area (Å²) in [5.41, 5.74) is 1.48. The topological polar surface area (TPSA) is 46.5 Å². The van der Waals surface area contributed by atoms with Crippen molar-refractivity contribution in [1.82, 2.24) is 0 Å². The number of aliphatic hydroxyl groups is 1. The predicted octanol–water partition coefficient (Wildman–Crippen LogP) is 2.91. The molecular formula is C15H22O3. The Labute approximate surface area is 109 Å². The molecule has 0 bridgehead atoms. The fraction of sp³-hybridized carbons (Fsp3) is 0.533. The van der Waals surface area contributed by atoms with E-state index in [-0.39, 0.29) is 5.97 Å². The van der Waals surface area contributed by atoms with Crippen LogP contribution < -0.4 is 0 Å². The van der Waals surface area contributed by atoms with Gasteiger partial charge >= 0.3 is 5.97 Å². The van der Waals surface area contributed by atoms with Crippen LogP contribution in [0.1, 0.15) is 39.0 Å². The molecule has 1 N–H and O–H groups in total. The zero-order valence-electron chi connectivity index (χ0n) is 11.2. The summed E-state index contributed by atoms with van der Waals surface area (Å²) in [7, 11) is 1.37. The molecule has 0 saturated carbocycles. The number of carbonyl (C=O) groups excluding carboxylic acids is 1. The fourth-order valence-corrected chi connectivity index (χ4v) is 1.96. The largest absolute Gasteiger partial charge is 0.466 e. The van der Waals surface area contributed by atoms with E-state index in [4.69, 9.17) is 4.74 Å². The zero-order valence-corrected chi connectivity index (χ0v) is 11.2. The number of methoxy groups -OCH3 is 1. The lowest BCUT2D eigenvalue weighted by Gasteiger charge is -2.15. The SMILES string of the molecule is CCCCC[C@@H](O)C1=CC=CC=C(C(=O)OC)C1. The summed E-state index contributed by atoms with van der Waals surface area (Å²) in [5.74, 6) is -0.326. The van der Waals surface area contributed by atoms with Crippen LogP contribution in [0.3, 0.4) is 0 Å². The van der Waals surface area contributed by atoms with Gasteiger partial charge in [0.2, 0.25) is 0 Å². The van der Waals surface area contributed by atoms with Gasteiger partial charge in [0.15, 0.2) is 0 Å². The van der Waals surface area contributed by atoms with E-state index in [1.807, 2.05) is 12.2 Å². The first-order valence-corrected chi connectivity index (χ1v) is 6.51. The van der Waals surface area contributed by atoms with Crippen LogP contribution in [-0.2, 0) is 9.53 Å². The van der Waals surface area contributed by atoms with Gasteiger partial charge in [-0.2, -0.15) is 0 Å². The Morgan fingerprint density at radius 1 is 1.39 bits per heavy atom. The van der Waals surface area contributed by atoms with Gasteiger partial charge in [-0.15, -0.1) is 0 Å². The van der Waals surface area contributed by atoms with Crippen molar-refractivity contribution in [3.63, 3.8) is 0 Å². The Kier molecular flexibility index (Phi) is 6.44. The van der Waals surface area contributed by atoms with Crippen LogP contribution in [0, 0.1) is 0 Å². The summed E-state index contributed by atoms with van der Waals surface area (Å²) in [6.45, 7) is 2.14. The highest BCUT2D eigenvalue weighted by molar-refractivity contribution is 5.89. The summed E-state index contributed by atoms with van der Waals surface area (Å²) in [6.07, 6.45) is 11.3. The van der Waals surface area contributed by atoms with Crippen molar-refractivity contribution in [2.75, 3.05) is 7.11 Å². The highest BCUT2D eigenvalue weighted by Gasteiger charge is 2.17. The molecule has 0 saturated heterocycles. The highest BCUT2D eigenvalue weighted by Crippen LogP contribution is 2.22. The zero-order chi connectivity index (χ0) is 13.4. The fourth-order valence-electron chi connectivity index (χ4n) is 1.96. The van der Waals surface area contributed by atoms with Gasteiger partial charge < -0.3 is 9.84 Å². The molecule has 0 radical (unpaired) electrons. The van der Waals surface area contributed by atoms with Gasteiger partial charge in [-0.1, -0.05) is 50.5 Å². The quantitative estimate of drug-likeness (QED) is 0.582. The third-order valence-corrected chi connectivity index (χ3v) is 3.07. The van der Waals surface area contributed by atoms with E-state index in [1.165, 1.54) is 7.11 Å². The van der Waals surface area contributed by atoms with Crippen molar-refractivity contribution in [2.24, 2.45) is 0 Å². The van der Waals surface area contributed by atoms with Gasteiger partial charge in [0.05, 0.1) is 13.2 Å². The molecule has 0 aromatic carbocycles. The van der Waals surface area contributed by atoms with Gasteiger partial charge in [0.1, 0.15) is 0 Å². The molecule has 0 fully saturated rings. The average Bonchev–Trinajstić information content (AvgIpc) is 2.63. The minimum absolute atomic E-state index is 0.326. The molecular weight excluding hydrogens is 228 g/mol. The van der Waals surface area contributed by atoms with Gasteiger partial charge in [0, 0.05) is 12.0 Å². The molecule has 0 aliphatic heterocycles. The van der Waals surface area contributed by atoms with Crippen LogP contribution in [0.4, 0.5) is 0 Å². The second-order valence-electron chi connectivity index (χ2n) is 4.50. The van der Waals surface area contributed by atoms with Crippen LogP contribution >= 0.6 is 0 Å². The number of carbonyl (C=O) groups is 1. The highest BCUT2D eigenvalue weighted by atomic mass is 16.5. The lowest BCUT2D eigenvalue weighted by Crippen LogP contribution is -2.14. The molecule has 0 heterocycles. The minimum atomic E-state index is -0.465. The molecule has 3 nitrogen and oxygen atoms in total. The van der Waals surface area contributed by atoms with Gasteiger partial charge in [-0.25, -0.2) is 4.79 Å². The minimum Gasteiger partial charge on any atom is -0.466 e. The van der Waals surface area contributed by atoms with Crippen molar-refractivity contribution in [1.29, 1.82) is 0 Å². The van der Waals surface area contributed by atoms with E-state index >= 15 is 0 Å². The van der Waals surface area contributed by atoms with Crippen LogP contribution in [0.5, 0.6) is 0 Å². The van der Waals surface area contributed by atoms with E-state index in [2.05, 4.69) is 6.92 Å². The summed E-state index contributed by atoms with van der Waals surface area (Å²) in [6, 6.07) is 0. The number of hydrogen-bond acceptors (Lipinski definition) is 3. The Bertz CT molecular complexity index is 364. The van der Waals surface area contributed by atoms with Crippen LogP contribution in [0.25, 0.3) is 0 Å². The first-order valence-electron chi connectivity index (χ1n) is 6.51. The smallest absolute Gasteiger partial charge is 0.334 e.